The van der Waals surface area contributed by atoms with E-state index in [1.54, 1.807) is 48.5 Å². The highest BCUT2D eigenvalue weighted by molar-refractivity contribution is 6.30. The zero-order valence-corrected chi connectivity index (χ0v) is 15.0. The number of benzene rings is 2. The van der Waals surface area contributed by atoms with E-state index >= 15 is 0 Å². The molecule has 8 heteroatoms. The van der Waals surface area contributed by atoms with E-state index in [0.29, 0.717) is 22.9 Å². The Morgan fingerprint density at radius 1 is 1.15 bits per heavy atom. The van der Waals surface area contributed by atoms with Crippen molar-refractivity contribution in [3.05, 3.63) is 59.1 Å². The smallest absolute Gasteiger partial charge is 0.325 e. The molecule has 0 unspecified atom stereocenters. The lowest BCUT2D eigenvalue weighted by Gasteiger charge is -2.24. The number of carbonyl (C=O) groups is 3. The molecule has 3 rings (SSSR count). The summed E-state index contributed by atoms with van der Waals surface area (Å²) in [5, 5.41) is 5.14. The largest absolute Gasteiger partial charge is 0.492 e. The average molecular weight is 389 g/mol. The minimum atomic E-state index is -0.725. The Morgan fingerprint density at radius 3 is 2.70 bits per heavy atom. The first-order valence-corrected chi connectivity index (χ1v) is 8.63. The molecule has 1 aliphatic heterocycles. The third-order valence-electron chi connectivity index (χ3n) is 3.89. The number of para-hydroxylation sites is 1. The molecule has 0 spiro atoms. The Bertz CT molecular complexity index is 856. The number of urea groups is 1. The molecule has 0 aromatic heterocycles. The predicted molar refractivity (Wildman–Crippen MR) is 98.7 cm³/mol. The molecule has 2 N–H and O–H groups in total. The van der Waals surface area contributed by atoms with Crippen LogP contribution in [0.3, 0.4) is 0 Å². The first-order chi connectivity index (χ1) is 13.0. The Kier molecular flexibility index (Phi) is 5.93. The third-order valence-corrected chi connectivity index (χ3v) is 4.13. The summed E-state index contributed by atoms with van der Waals surface area (Å²) < 4.78 is 10.5. The van der Waals surface area contributed by atoms with Gasteiger partial charge in [0.1, 0.15) is 12.4 Å². The highest BCUT2D eigenvalue weighted by atomic mass is 35.5. The number of amides is 3. The molecule has 1 heterocycles. The molecule has 3 amide bonds. The summed E-state index contributed by atoms with van der Waals surface area (Å²) >= 11 is 5.95. The van der Waals surface area contributed by atoms with E-state index in [-0.39, 0.29) is 6.61 Å². The van der Waals surface area contributed by atoms with Crippen LogP contribution >= 0.6 is 11.6 Å². The summed E-state index contributed by atoms with van der Waals surface area (Å²) in [5.74, 6) is -1.16. The maximum absolute atomic E-state index is 12.2. The summed E-state index contributed by atoms with van der Waals surface area (Å²) in [6.45, 7) is -0.399. The summed E-state index contributed by atoms with van der Waals surface area (Å²) in [4.78, 5) is 35.7. The van der Waals surface area contributed by atoms with Crippen molar-refractivity contribution >= 4 is 35.2 Å². The summed E-state index contributed by atoms with van der Waals surface area (Å²) in [7, 11) is 0. The number of rotatable bonds is 4. The first kappa shape index (κ1) is 18.7. The van der Waals surface area contributed by atoms with E-state index in [1.807, 2.05) is 0 Å². The summed E-state index contributed by atoms with van der Waals surface area (Å²) in [5.41, 5.74) is 1.35. The van der Waals surface area contributed by atoms with Gasteiger partial charge < -0.3 is 14.8 Å². The number of carbonyl (C=O) groups excluding carboxylic acids is 3. The van der Waals surface area contributed by atoms with E-state index in [2.05, 4.69) is 10.6 Å². The highest BCUT2D eigenvalue weighted by Gasteiger charge is 2.28. The number of fused-ring (bicyclic) bond motifs is 1. The Hall–Kier alpha value is -3.06. The van der Waals surface area contributed by atoms with Crippen LogP contribution in [0.5, 0.6) is 5.75 Å². The van der Waals surface area contributed by atoms with Gasteiger partial charge in [-0.2, -0.15) is 0 Å². The summed E-state index contributed by atoms with van der Waals surface area (Å²) in [6.07, 6.45) is 0.408. The Labute approximate surface area is 160 Å². The van der Waals surface area contributed by atoms with Crippen molar-refractivity contribution in [3.63, 3.8) is 0 Å². The quantitative estimate of drug-likeness (QED) is 0.785. The Morgan fingerprint density at radius 2 is 1.93 bits per heavy atom. The zero-order valence-electron chi connectivity index (χ0n) is 14.2. The average Bonchev–Trinajstić information content (AvgIpc) is 2.66. The second-order valence-corrected chi connectivity index (χ2v) is 6.38. The lowest BCUT2D eigenvalue weighted by molar-refractivity contribution is -0.153. The van der Waals surface area contributed by atoms with Crippen LogP contribution in [-0.4, -0.2) is 31.1 Å². The van der Waals surface area contributed by atoms with Crippen molar-refractivity contribution in [2.45, 2.75) is 6.42 Å². The van der Waals surface area contributed by atoms with Crippen LogP contribution in [0.2, 0.25) is 5.02 Å². The van der Waals surface area contributed by atoms with Crippen molar-refractivity contribution in [1.82, 2.24) is 5.32 Å². The van der Waals surface area contributed by atoms with Gasteiger partial charge in [-0.05, 0) is 42.3 Å². The molecule has 27 heavy (non-hydrogen) atoms. The van der Waals surface area contributed by atoms with E-state index < -0.39 is 30.4 Å². The van der Waals surface area contributed by atoms with Gasteiger partial charge in [0.15, 0.2) is 6.61 Å². The second kappa shape index (κ2) is 8.55. The van der Waals surface area contributed by atoms with E-state index in [9.17, 15) is 14.4 Å². The topological polar surface area (TPSA) is 93.7 Å². The maximum atomic E-state index is 12.2. The van der Waals surface area contributed by atoms with Crippen LogP contribution in [0.25, 0.3) is 0 Å². The van der Waals surface area contributed by atoms with Crippen LogP contribution in [0.1, 0.15) is 5.56 Å². The zero-order chi connectivity index (χ0) is 19.2. The Balaban J connectivity index is 1.45. The summed E-state index contributed by atoms with van der Waals surface area (Å²) in [6, 6.07) is 13.1. The number of ether oxygens (including phenoxy) is 2. The number of anilines is 1. The maximum Gasteiger partial charge on any atom is 0.325 e. The molecule has 0 radical (unpaired) electrons. The molecule has 0 saturated heterocycles. The SMILES string of the molecule is O=C(COC(=O)[C@H]1COc2ccc(Cl)cc2C1)NC(=O)Nc1ccccc1. The monoisotopic (exact) mass is 388 g/mol. The fourth-order valence-electron chi connectivity index (χ4n) is 2.62. The molecule has 7 nitrogen and oxygen atoms in total. The molecule has 0 bridgehead atoms. The second-order valence-electron chi connectivity index (χ2n) is 5.94. The van der Waals surface area contributed by atoms with Crippen LogP contribution in [0.4, 0.5) is 10.5 Å². The van der Waals surface area contributed by atoms with Gasteiger partial charge in [0.25, 0.3) is 5.91 Å². The van der Waals surface area contributed by atoms with Crippen LogP contribution in [-0.2, 0) is 20.7 Å². The normalized spacial score (nSPS) is 15.1. The molecule has 140 valence electrons. The van der Waals surface area contributed by atoms with Crippen LogP contribution in [0.15, 0.2) is 48.5 Å². The minimum absolute atomic E-state index is 0.156. The number of esters is 1. The molecule has 2 aromatic carbocycles. The number of hydrogen-bond donors (Lipinski definition) is 2. The van der Waals surface area contributed by atoms with Gasteiger partial charge in [-0.1, -0.05) is 29.8 Å². The van der Waals surface area contributed by atoms with Gasteiger partial charge in [0.05, 0.1) is 5.92 Å². The number of imide groups is 1. The van der Waals surface area contributed by atoms with Crippen molar-refractivity contribution in [2.75, 3.05) is 18.5 Å². The van der Waals surface area contributed by atoms with Gasteiger partial charge in [0.2, 0.25) is 0 Å². The van der Waals surface area contributed by atoms with Gasteiger partial charge in [-0.25, -0.2) is 4.79 Å². The predicted octanol–water partition coefficient (Wildman–Crippen LogP) is 2.78. The number of halogens is 1. The standard InChI is InChI=1S/C19H17ClN2O5/c20-14-6-7-16-12(9-14)8-13(10-26-16)18(24)27-11-17(23)22-19(25)21-15-4-2-1-3-5-15/h1-7,9,13H,8,10-11H2,(H2,21,22,23,25)/t13-/m1/s1. The molecular weight excluding hydrogens is 372 g/mol. The lowest BCUT2D eigenvalue weighted by Crippen LogP contribution is -2.38. The lowest BCUT2D eigenvalue weighted by atomic mass is 9.97. The molecular formula is C19H17ClN2O5. The fraction of sp³-hybridized carbons (Fsp3) is 0.211. The highest BCUT2D eigenvalue weighted by Crippen LogP contribution is 2.30. The van der Waals surface area contributed by atoms with Crippen LogP contribution in [0, 0.1) is 5.92 Å². The third kappa shape index (κ3) is 5.21. The molecule has 0 fully saturated rings. The van der Waals surface area contributed by atoms with Gasteiger partial charge in [-0.3, -0.25) is 14.9 Å². The van der Waals surface area contributed by atoms with E-state index in [4.69, 9.17) is 21.1 Å². The van der Waals surface area contributed by atoms with Crippen molar-refractivity contribution in [3.8, 4) is 5.75 Å². The van der Waals surface area contributed by atoms with Crippen LogP contribution < -0.4 is 15.4 Å². The van der Waals surface area contributed by atoms with Gasteiger partial charge in [-0.15, -0.1) is 0 Å². The fourth-order valence-corrected chi connectivity index (χ4v) is 2.81. The number of hydrogen-bond acceptors (Lipinski definition) is 5. The minimum Gasteiger partial charge on any atom is -0.492 e. The van der Waals surface area contributed by atoms with Crippen molar-refractivity contribution < 1.29 is 23.9 Å². The number of nitrogens with one attached hydrogen (secondary N) is 2. The van der Waals surface area contributed by atoms with Gasteiger partial charge in [0, 0.05) is 10.7 Å². The molecule has 0 aliphatic carbocycles. The first-order valence-electron chi connectivity index (χ1n) is 8.25. The van der Waals surface area contributed by atoms with Crippen molar-refractivity contribution in [2.24, 2.45) is 5.92 Å². The molecule has 1 atom stereocenters. The van der Waals surface area contributed by atoms with E-state index in [0.717, 1.165) is 5.56 Å². The van der Waals surface area contributed by atoms with E-state index in [1.165, 1.54) is 0 Å². The van der Waals surface area contributed by atoms with Crippen molar-refractivity contribution in [1.29, 1.82) is 0 Å². The molecule has 0 saturated carbocycles. The molecule has 1 aliphatic rings. The van der Waals surface area contributed by atoms with Gasteiger partial charge >= 0.3 is 12.0 Å². The molecule has 2 aromatic rings.